The maximum Gasteiger partial charge on any atom is 0.272 e. The van der Waals surface area contributed by atoms with Gasteiger partial charge in [0.1, 0.15) is 5.15 Å². The highest BCUT2D eigenvalue weighted by atomic mass is 35.5. The van der Waals surface area contributed by atoms with E-state index in [1.807, 2.05) is 37.3 Å². The van der Waals surface area contributed by atoms with Crippen LogP contribution in [0.1, 0.15) is 21.6 Å². The Morgan fingerprint density at radius 1 is 1.12 bits per heavy atom. The molecule has 0 unspecified atom stereocenters. The number of halogens is 2. The van der Waals surface area contributed by atoms with Crippen molar-refractivity contribution < 1.29 is 4.79 Å². The van der Waals surface area contributed by atoms with E-state index in [0.29, 0.717) is 27.0 Å². The number of rotatable bonds is 4. The number of carbonyl (C=O) groups excluding carboxylic acids is 1. The van der Waals surface area contributed by atoms with Gasteiger partial charge in [-0.05, 0) is 31.2 Å². The number of nitrogens with one attached hydrogen (secondary N) is 1. The summed E-state index contributed by atoms with van der Waals surface area (Å²) in [5.74, 6) is -0.397. The van der Waals surface area contributed by atoms with Gasteiger partial charge in [0, 0.05) is 0 Å². The molecule has 1 N–H and O–H groups in total. The van der Waals surface area contributed by atoms with Crippen molar-refractivity contribution in [3.05, 3.63) is 81.6 Å². The summed E-state index contributed by atoms with van der Waals surface area (Å²) in [5.41, 5.74) is 4.96. The highest BCUT2D eigenvalue weighted by molar-refractivity contribution is 6.34. The fourth-order valence-electron chi connectivity index (χ4n) is 2.26. The van der Waals surface area contributed by atoms with Crippen LogP contribution in [0.15, 0.2) is 59.7 Å². The molecule has 0 fully saturated rings. The third-order valence-electron chi connectivity index (χ3n) is 3.53. The molecule has 0 aliphatic heterocycles. The minimum atomic E-state index is -0.397. The van der Waals surface area contributed by atoms with Crippen molar-refractivity contribution in [3.8, 4) is 5.69 Å². The van der Waals surface area contributed by atoms with Crippen LogP contribution in [0.25, 0.3) is 5.69 Å². The van der Waals surface area contributed by atoms with Crippen molar-refractivity contribution in [2.75, 3.05) is 0 Å². The number of hydrazone groups is 1. The molecule has 0 aliphatic rings. The normalized spacial score (nSPS) is 11.0. The summed E-state index contributed by atoms with van der Waals surface area (Å²) < 4.78 is 1.62. The summed E-state index contributed by atoms with van der Waals surface area (Å²) in [6.07, 6.45) is 1.47. The Morgan fingerprint density at radius 3 is 2.52 bits per heavy atom. The molecule has 5 nitrogen and oxygen atoms in total. The van der Waals surface area contributed by atoms with Crippen LogP contribution in [0.3, 0.4) is 0 Å². The lowest BCUT2D eigenvalue weighted by molar-refractivity contribution is 0.0955. The molecule has 3 aromatic rings. The molecule has 1 aromatic heterocycles. The summed E-state index contributed by atoms with van der Waals surface area (Å²) in [6, 6.07) is 16.3. The number of amides is 1. The Bertz CT molecular complexity index is 936. The van der Waals surface area contributed by atoms with Crippen LogP contribution in [-0.4, -0.2) is 21.9 Å². The molecule has 3 rings (SSSR count). The van der Waals surface area contributed by atoms with Gasteiger partial charge >= 0.3 is 0 Å². The monoisotopic (exact) mass is 372 g/mol. The summed E-state index contributed by atoms with van der Waals surface area (Å²) in [4.78, 5) is 12.1. The third kappa shape index (κ3) is 3.73. The first kappa shape index (κ1) is 17.2. The standard InChI is InChI=1S/C18H14Cl2N4O/c1-12-15(17(20)24(23-12)13-7-3-2-4-8-13)11-21-22-18(25)14-9-5-6-10-16(14)19/h2-11H,1H3,(H,22,25)/b21-11-. The predicted molar refractivity (Wildman–Crippen MR) is 99.8 cm³/mol. The van der Waals surface area contributed by atoms with Gasteiger partial charge in [-0.15, -0.1) is 0 Å². The smallest absolute Gasteiger partial charge is 0.267 e. The number of benzene rings is 2. The van der Waals surface area contributed by atoms with Crippen LogP contribution >= 0.6 is 23.2 Å². The molecule has 7 heteroatoms. The highest BCUT2D eigenvalue weighted by Crippen LogP contribution is 2.22. The molecule has 0 aliphatic carbocycles. The summed E-state index contributed by atoms with van der Waals surface area (Å²) in [5, 5.41) is 9.16. The van der Waals surface area contributed by atoms with Crippen molar-refractivity contribution >= 4 is 35.3 Å². The van der Waals surface area contributed by atoms with Gasteiger partial charge in [0.25, 0.3) is 5.91 Å². The first-order chi connectivity index (χ1) is 12.1. The van der Waals surface area contributed by atoms with Gasteiger partial charge in [-0.2, -0.15) is 10.2 Å². The Morgan fingerprint density at radius 2 is 1.80 bits per heavy atom. The van der Waals surface area contributed by atoms with E-state index in [9.17, 15) is 4.79 Å². The lowest BCUT2D eigenvalue weighted by atomic mass is 10.2. The highest BCUT2D eigenvalue weighted by Gasteiger charge is 2.13. The number of aryl methyl sites for hydroxylation is 1. The number of aromatic nitrogens is 2. The fraction of sp³-hybridized carbons (Fsp3) is 0.0556. The van der Waals surface area contributed by atoms with Gasteiger partial charge in [-0.3, -0.25) is 4.79 Å². The molecular weight excluding hydrogens is 359 g/mol. The van der Waals surface area contributed by atoms with Gasteiger partial charge in [-0.25, -0.2) is 10.1 Å². The van der Waals surface area contributed by atoms with Gasteiger partial charge in [0.2, 0.25) is 0 Å². The fourth-order valence-corrected chi connectivity index (χ4v) is 2.80. The van der Waals surface area contributed by atoms with E-state index < -0.39 is 5.91 Å². The molecule has 0 saturated carbocycles. The molecule has 0 atom stereocenters. The van der Waals surface area contributed by atoms with Gasteiger partial charge in [0.05, 0.1) is 33.7 Å². The second kappa shape index (κ2) is 7.51. The summed E-state index contributed by atoms with van der Waals surface area (Å²) >= 11 is 12.4. The number of nitrogens with zero attached hydrogens (tertiary/aromatic N) is 3. The van der Waals surface area contributed by atoms with E-state index in [4.69, 9.17) is 23.2 Å². The minimum Gasteiger partial charge on any atom is -0.267 e. The zero-order valence-electron chi connectivity index (χ0n) is 13.3. The molecule has 2 aromatic carbocycles. The van der Waals surface area contributed by atoms with E-state index >= 15 is 0 Å². The van der Waals surface area contributed by atoms with Crippen molar-refractivity contribution in [1.29, 1.82) is 0 Å². The Labute approximate surface area is 154 Å². The van der Waals surface area contributed by atoms with Gasteiger partial charge in [-0.1, -0.05) is 53.5 Å². The van der Waals surface area contributed by atoms with Crippen LogP contribution in [0.4, 0.5) is 0 Å². The van der Waals surface area contributed by atoms with Gasteiger partial charge < -0.3 is 0 Å². The van der Waals surface area contributed by atoms with E-state index in [0.717, 1.165) is 5.69 Å². The third-order valence-corrected chi connectivity index (χ3v) is 4.22. The average Bonchev–Trinajstić information content (AvgIpc) is 2.91. The number of hydrogen-bond donors (Lipinski definition) is 1. The quantitative estimate of drug-likeness (QED) is 0.549. The van der Waals surface area contributed by atoms with Crippen LogP contribution in [0.5, 0.6) is 0 Å². The Balaban J connectivity index is 1.80. The van der Waals surface area contributed by atoms with Crippen LogP contribution in [-0.2, 0) is 0 Å². The van der Waals surface area contributed by atoms with Gasteiger partial charge in [0.15, 0.2) is 0 Å². The topological polar surface area (TPSA) is 59.3 Å². The predicted octanol–water partition coefficient (Wildman–Crippen LogP) is 4.25. The second-order valence-corrected chi connectivity index (χ2v) is 5.98. The zero-order chi connectivity index (χ0) is 17.8. The lowest BCUT2D eigenvalue weighted by Crippen LogP contribution is -2.18. The lowest BCUT2D eigenvalue weighted by Gasteiger charge is -2.02. The molecule has 0 bridgehead atoms. The first-order valence-corrected chi connectivity index (χ1v) is 8.22. The SMILES string of the molecule is Cc1nn(-c2ccccc2)c(Cl)c1/C=N\NC(=O)c1ccccc1Cl. The maximum absolute atomic E-state index is 12.1. The molecule has 0 radical (unpaired) electrons. The van der Waals surface area contributed by atoms with E-state index in [-0.39, 0.29) is 0 Å². The van der Waals surface area contributed by atoms with Crippen LogP contribution in [0.2, 0.25) is 10.2 Å². The number of hydrogen-bond acceptors (Lipinski definition) is 3. The van der Waals surface area contributed by atoms with Crippen LogP contribution in [0, 0.1) is 6.92 Å². The van der Waals surface area contributed by atoms with E-state index in [1.54, 1.807) is 28.9 Å². The molecular formula is C18H14Cl2N4O. The first-order valence-electron chi connectivity index (χ1n) is 7.46. The average molecular weight is 373 g/mol. The van der Waals surface area contributed by atoms with E-state index in [2.05, 4.69) is 15.6 Å². The largest absolute Gasteiger partial charge is 0.272 e. The maximum atomic E-state index is 12.1. The number of para-hydroxylation sites is 1. The molecule has 1 heterocycles. The molecule has 1 amide bonds. The summed E-state index contributed by atoms with van der Waals surface area (Å²) in [6.45, 7) is 1.82. The number of carbonyl (C=O) groups is 1. The molecule has 126 valence electrons. The van der Waals surface area contributed by atoms with Crippen molar-refractivity contribution in [1.82, 2.24) is 15.2 Å². The van der Waals surface area contributed by atoms with Crippen molar-refractivity contribution in [3.63, 3.8) is 0 Å². The minimum absolute atomic E-state index is 0.351. The van der Waals surface area contributed by atoms with Crippen LogP contribution < -0.4 is 5.43 Å². The molecule has 25 heavy (non-hydrogen) atoms. The Kier molecular flexibility index (Phi) is 5.16. The summed E-state index contributed by atoms with van der Waals surface area (Å²) in [7, 11) is 0. The second-order valence-electron chi connectivity index (χ2n) is 5.22. The molecule has 0 spiro atoms. The van der Waals surface area contributed by atoms with Crippen molar-refractivity contribution in [2.45, 2.75) is 6.92 Å². The zero-order valence-corrected chi connectivity index (χ0v) is 14.8. The molecule has 0 saturated heterocycles. The van der Waals surface area contributed by atoms with Crippen molar-refractivity contribution in [2.24, 2.45) is 5.10 Å². The van der Waals surface area contributed by atoms with E-state index in [1.165, 1.54) is 6.21 Å². The Hall–Kier alpha value is -2.63.